The zero-order chi connectivity index (χ0) is 18.4. The molecule has 0 aliphatic carbocycles. The predicted octanol–water partition coefficient (Wildman–Crippen LogP) is 2.74. The van der Waals surface area contributed by atoms with Gasteiger partial charge in [0.05, 0.1) is 11.1 Å². The average molecular weight is 380 g/mol. The average Bonchev–Trinajstić information content (AvgIpc) is 2.69. The molecule has 0 bridgehead atoms. The molecule has 5 nitrogen and oxygen atoms in total. The van der Waals surface area contributed by atoms with Crippen LogP contribution in [0.3, 0.4) is 0 Å². The van der Waals surface area contributed by atoms with Gasteiger partial charge in [-0.3, -0.25) is 14.6 Å². The van der Waals surface area contributed by atoms with Crippen LogP contribution in [0.25, 0.3) is 0 Å². The van der Waals surface area contributed by atoms with Gasteiger partial charge in [0.15, 0.2) is 0 Å². The number of amides is 1. The van der Waals surface area contributed by atoms with Crippen LogP contribution < -0.4 is 4.74 Å². The Morgan fingerprint density at radius 1 is 1.08 bits per heavy atom. The number of carbonyl (C=O) groups excluding carboxylic acids is 1. The molecule has 6 heteroatoms. The van der Waals surface area contributed by atoms with Gasteiger partial charge >= 0.3 is 0 Å². The van der Waals surface area contributed by atoms with Crippen molar-refractivity contribution >= 4 is 17.5 Å². The van der Waals surface area contributed by atoms with Crippen molar-refractivity contribution in [3.63, 3.8) is 0 Å². The summed E-state index contributed by atoms with van der Waals surface area (Å²) in [5.74, 6) is 1.05. The van der Waals surface area contributed by atoms with Gasteiger partial charge in [-0.25, -0.2) is 0 Å². The normalized spacial score (nSPS) is 20.8. The van der Waals surface area contributed by atoms with Crippen LogP contribution in [0.15, 0.2) is 24.3 Å². The first-order valence-electron chi connectivity index (χ1n) is 9.77. The molecule has 1 unspecified atom stereocenters. The molecule has 1 atom stereocenters. The van der Waals surface area contributed by atoms with Gasteiger partial charge in [-0.1, -0.05) is 23.7 Å². The van der Waals surface area contributed by atoms with Gasteiger partial charge < -0.3 is 9.64 Å². The second kappa shape index (κ2) is 9.58. The highest BCUT2D eigenvalue weighted by atomic mass is 35.5. The number of carbonyl (C=O) groups is 1. The molecule has 1 aromatic carbocycles. The second-order valence-corrected chi connectivity index (χ2v) is 7.63. The van der Waals surface area contributed by atoms with Crippen molar-refractivity contribution < 1.29 is 9.53 Å². The summed E-state index contributed by atoms with van der Waals surface area (Å²) in [6.07, 6.45) is 3.56. The van der Waals surface area contributed by atoms with E-state index in [4.69, 9.17) is 16.3 Å². The SMILES string of the molecule is CC(C(=O)N1CCCCC1)N1CCN(CCOc2ccccc2Cl)CC1. The maximum atomic E-state index is 12.7. The number of hydrogen-bond donors (Lipinski definition) is 0. The molecule has 2 heterocycles. The Hall–Kier alpha value is -1.30. The van der Waals surface area contributed by atoms with Crippen molar-refractivity contribution in [1.29, 1.82) is 0 Å². The Morgan fingerprint density at radius 2 is 1.77 bits per heavy atom. The van der Waals surface area contributed by atoms with E-state index < -0.39 is 0 Å². The maximum Gasteiger partial charge on any atom is 0.239 e. The van der Waals surface area contributed by atoms with Crippen LogP contribution in [0, 0.1) is 0 Å². The molecule has 2 aliphatic rings. The molecule has 144 valence electrons. The van der Waals surface area contributed by atoms with E-state index in [9.17, 15) is 4.79 Å². The minimum Gasteiger partial charge on any atom is -0.491 e. The highest BCUT2D eigenvalue weighted by Crippen LogP contribution is 2.23. The van der Waals surface area contributed by atoms with E-state index in [0.717, 1.165) is 64.4 Å². The summed E-state index contributed by atoms with van der Waals surface area (Å²) in [4.78, 5) is 19.4. The van der Waals surface area contributed by atoms with E-state index in [1.807, 2.05) is 24.3 Å². The first kappa shape index (κ1) is 19.5. The third-order valence-electron chi connectivity index (χ3n) is 5.48. The van der Waals surface area contributed by atoms with E-state index >= 15 is 0 Å². The number of likely N-dealkylation sites (tertiary alicyclic amines) is 1. The van der Waals surface area contributed by atoms with Crippen molar-refractivity contribution in [3.8, 4) is 5.75 Å². The van der Waals surface area contributed by atoms with Gasteiger partial charge in [-0.05, 0) is 38.3 Å². The zero-order valence-electron chi connectivity index (χ0n) is 15.7. The summed E-state index contributed by atoms with van der Waals surface area (Å²) in [5.41, 5.74) is 0. The standard InChI is InChI=1S/C20H30ClN3O2/c1-17(20(25)24-9-5-2-6-10-24)23-13-11-22(12-14-23)15-16-26-19-8-4-3-7-18(19)21/h3-4,7-8,17H,2,5-6,9-16H2,1H3. The number of halogens is 1. The first-order chi connectivity index (χ1) is 12.6. The molecule has 0 spiro atoms. The third-order valence-corrected chi connectivity index (χ3v) is 5.79. The lowest BCUT2D eigenvalue weighted by Gasteiger charge is -2.39. The van der Waals surface area contributed by atoms with Crippen LogP contribution in [0.1, 0.15) is 26.2 Å². The van der Waals surface area contributed by atoms with Gasteiger partial charge in [-0.2, -0.15) is 0 Å². The van der Waals surface area contributed by atoms with Crippen LogP contribution >= 0.6 is 11.6 Å². The van der Waals surface area contributed by atoms with Gasteiger partial charge in [0.2, 0.25) is 5.91 Å². The summed E-state index contributed by atoms with van der Waals surface area (Å²) in [5, 5.41) is 0.655. The molecular weight excluding hydrogens is 350 g/mol. The number of nitrogens with zero attached hydrogens (tertiary/aromatic N) is 3. The molecule has 1 amide bonds. The van der Waals surface area contributed by atoms with E-state index in [-0.39, 0.29) is 6.04 Å². The number of piperazine rings is 1. The molecule has 2 saturated heterocycles. The minimum atomic E-state index is -0.00498. The lowest BCUT2D eigenvalue weighted by atomic mass is 10.1. The zero-order valence-corrected chi connectivity index (χ0v) is 16.5. The number of para-hydroxylation sites is 1. The lowest BCUT2D eigenvalue weighted by molar-refractivity contribution is -0.138. The summed E-state index contributed by atoms with van der Waals surface area (Å²) in [6.45, 7) is 9.27. The maximum absolute atomic E-state index is 12.7. The topological polar surface area (TPSA) is 36.0 Å². The van der Waals surface area contributed by atoms with Crippen LogP contribution in [0.2, 0.25) is 5.02 Å². The Kier molecular flexibility index (Phi) is 7.17. The fourth-order valence-electron chi connectivity index (χ4n) is 3.76. The number of rotatable bonds is 6. The smallest absolute Gasteiger partial charge is 0.239 e. The van der Waals surface area contributed by atoms with Crippen LogP contribution in [-0.2, 0) is 4.79 Å². The fraction of sp³-hybridized carbons (Fsp3) is 0.650. The molecule has 2 fully saturated rings. The first-order valence-corrected chi connectivity index (χ1v) is 10.2. The van der Waals surface area contributed by atoms with Crippen LogP contribution in [0.5, 0.6) is 5.75 Å². The number of hydrogen-bond acceptors (Lipinski definition) is 4. The van der Waals surface area contributed by atoms with Gasteiger partial charge in [0, 0.05) is 45.8 Å². The summed E-state index contributed by atoms with van der Waals surface area (Å²) < 4.78 is 5.78. The summed E-state index contributed by atoms with van der Waals surface area (Å²) >= 11 is 6.11. The number of piperidine rings is 1. The Morgan fingerprint density at radius 3 is 2.46 bits per heavy atom. The van der Waals surface area contributed by atoms with Crippen molar-refractivity contribution in [2.24, 2.45) is 0 Å². The largest absolute Gasteiger partial charge is 0.491 e. The van der Waals surface area contributed by atoms with E-state index in [2.05, 4.69) is 21.6 Å². The molecule has 0 aromatic heterocycles. The van der Waals surface area contributed by atoms with Gasteiger partial charge in [0.1, 0.15) is 12.4 Å². The van der Waals surface area contributed by atoms with E-state index in [0.29, 0.717) is 17.5 Å². The molecule has 26 heavy (non-hydrogen) atoms. The Balaban J connectivity index is 1.38. The predicted molar refractivity (Wildman–Crippen MR) is 105 cm³/mol. The van der Waals surface area contributed by atoms with Crippen LogP contribution in [0.4, 0.5) is 0 Å². The second-order valence-electron chi connectivity index (χ2n) is 7.22. The summed E-state index contributed by atoms with van der Waals surface area (Å²) in [6, 6.07) is 7.57. The van der Waals surface area contributed by atoms with Crippen molar-refractivity contribution in [1.82, 2.24) is 14.7 Å². The molecule has 3 rings (SSSR count). The lowest BCUT2D eigenvalue weighted by Crippen LogP contribution is -2.55. The fourth-order valence-corrected chi connectivity index (χ4v) is 3.95. The highest BCUT2D eigenvalue weighted by molar-refractivity contribution is 6.32. The van der Waals surface area contributed by atoms with Crippen molar-refractivity contribution in [2.45, 2.75) is 32.2 Å². The van der Waals surface area contributed by atoms with Crippen LogP contribution in [-0.4, -0.2) is 79.1 Å². The monoisotopic (exact) mass is 379 g/mol. The molecule has 0 saturated carbocycles. The van der Waals surface area contributed by atoms with Crippen molar-refractivity contribution in [2.75, 3.05) is 52.4 Å². The molecule has 2 aliphatic heterocycles. The van der Waals surface area contributed by atoms with Gasteiger partial charge in [0.25, 0.3) is 0 Å². The summed E-state index contributed by atoms with van der Waals surface area (Å²) in [7, 11) is 0. The number of ether oxygens (including phenoxy) is 1. The molecular formula is C20H30ClN3O2. The van der Waals surface area contributed by atoms with Gasteiger partial charge in [-0.15, -0.1) is 0 Å². The van der Waals surface area contributed by atoms with Crippen molar-refractivity contribution in [3.05, 3.63) is 29.3 Å². The Labute approximate surface area is 161 Å². The molecule has 0 N–H and O–H groups in total. The quantitative estimate of drug-likeness (QED) is 0.761. The molecule has 1 aromatic rings. The van der Waals surface area contributed by atoms with E-state index in [1.165, 1.54) is 6.42 Å². The third kappa shape index (κ3) is 5.12. The van der Waals surface area contributed by atoms with E-state index in [1.54, 1.807) is 0 Å². The molecule has 0 radical (unpaired) electrons. The number of benzene rings is 1. The minimum absolute atomic E-state index is 0.00498. The highest BCUT2D eigenvalue weighted by Gasteiger charge is 2.29. The Bertz CT molecular complexity index is 584.